The van der Waals surface area contributed by atoms with Crippen LogP contribution in [0.3, 0.4) is 0 Å². The summed E-state index contributed by atoms with van der Waals surface area (Å²) >= 11 is 1.04. The van der Waals surface area contributed by atoms with E-state index in [9.17, 15) is 35.5 Å². The summed E-state index contributed by atoms with van der Waals surface area (Å²) in [6.45, 7) is 1.10. The van der Waals surface area contributed by atoms with Gasteiger partial charge in [0.05, 0.1) is 26.5 Å². The van der Waals surface area contributed by atoms with Gasteiger partial charge in [-0.25, -0.2) is 0 Å². The van der Waals surface area contributed by atoms with Crippen molar-refractivity contribution in [3.8, 4) is 10.4 Å². The van der Waals surface area contributed by atoms with Crippen molar-refractivity contribution in [3.63, 3.8) is 0 Å². The van der Waals surface area contributed by atoms with Crippen LogP contribution in [0.25, 0.3) is 22.1 Å². The van der Waals surface area contributed by atoms with E-state index >= 15 is 8.63 Å². The number of hydrogen-bond acceptors (Lipinski definition) is 8. The van der Waals surface area contributed by atoms with E-state index in [1.807, 2.05) is 0 Å². The van der Waals surface area contributed by atoms with Gasteiger partial charge in [-0.2, -0.15) is 16.8 Å². The van der Waals surface area contributed by atoms with E-state index in [2.05, 4.69) is 0 Å². The molecule has 6 N–H and O–H groups in total. The zero-order valence-corrected chi connectivity index (χ0v) is 25.4. The molecule has 0 spiro atoms. The Morgan fingerprint density at radius 3 is 1.86 bits per heavy atom. The first-order valence-corrected chi connectivity index (χ1v) is 16.3. The second-order valence-corrected chi connectivity index (χ2v) is 15.1. The normalized spacial score (nSPS) is 16.5. The van der Waals surface area contributed by atoms with Crippen LogP contribution in [0.1, 0.15) is 56.4 Å². The lowest BCUT2D eigenvalue weighted by Gasteiger charge is -2.30. The number of thiophene rings is 2. The van der Waals surface area contributed by atoms with E-state index in [0.29, 0.717) is 22.7 Å². The molecule has 0 aromatic carbocycles. The van der Waals surface area contributed by atoms with E-state index in [4.69, 9.17) is 11.5 Å². The van der Waals surface area contributed by atoms with Crippen LogP contribution in [0.2, 0.25) is 0 Å². The topological polar surface area (TPSA) is 203 Å². The number of carbonyl (C=O) groups is 2. The quantitative estimate of drug-likeness (QED) is 0.228. The van der Waals surface area contributed by atoms with Crippen molar-refractivity contribution < 1.29 is 48.6 Å². The SMILES string of the molecule is CC1=C(c2sc(S(=O)(=O)O)cc2C(N)=O)C(C)=[N+]2C1=Cc1c(C)c(-c3sc(S(=O)(=O)O)cc3C(N)=O)c(C)n1[B-]2(F)F. The summed E-state index contributed by atoms with van der Waals surface area (Å²) in [6, 6.07) is 1.78. The van der Waals surface area contributed by atoms with Crippen LogP contribution in [-0.2, 0) is 20.2 Å². The Bertz CT molecular complexity index is 2120. The third-order valence-electron chi connectivity index (χ3n) is 7.29. The summed E-state index contributed by atoms with van der Waals surface area (Å²) < 4.78 is 99.7. The Morgan fingerprint density at radius 1 is 0.905 bits per heavy atom. The van der Waals surface area contributed by atoms with Crippen molar-refractivity contribution in [1.29, 1.82) is 0 Å². The number of nitrogens with two attached hydrogens (primary N) is 2. The average Bonchev–Trinajstić information content (AvgIpc) is 3.57. The minimum Gasteiger partial charge on any atom is -0.393 e. The molecular formula is C23H21BF2N4O8S4. The average molecular weight is 659 g/mol. The number of allylic oxidation sites excluding steroid dienone is 2. The first-order valence-electron chi connectivity index (χ1n) is 11.8. The number of halogens is 2. The Kier molecular flexibility index (Phi) is 6.61. The molecule has 19 heteroatoms. The molecule has 5 rings (SSSR count). The molecule has 0 fully saturated rings. The van der Waals surface area contributed by atoms with Crippen molar-refractivity contribution in [1.82, 2.24) is 4.48 Å². The van der Waals surface area contributed by atoms with Gasteiger partial charge in [-0.3, -0.25) is 18.7 Å². The number of amides is 2. The van der Waals surface area contributed by atoms with E-state index < -0.39 is 47.4 Å². The molecule has 0 unspecified atom stereocenters. The second-order valence-electron chi connectivity index (χ2n) is 9.71. The smallest absolute Gasteiger partial charge is 0.393 e. The molecule has 222 valence electrons. The van der Waals surface area contributed by atoms with Crippen molar-refractivity contribution in [3.05, 3.63) is 56.4 Å². The predicted molar refractivity (Wildman–Crippen MR) is 153 cm³/mol. The molecule has 0 saturated carbocycles. The van der Waals surface area contributed by atoms with Gasteiger partial charge < -0.3 is 29.1 Å². The number of fused-ring (bicyclic) bond motifs is 2. The Balaban J connectivity index is 1.80. The van der Waals surface area contributed by atoms with Crippen molar-refractivity contribution >= 4 is 79.1 Å². The van der Waals surface area contributed by atoms with Crippen LogP contribution >= 0.6 is 22.7 Å². The van der Waals surface area contributed by atoms with Gasteiger partial charge in [0.25, 0.3) is 0 Å². The van der Waals surface area contributed by atoms with Gasteiger partial charge in [0.2, 0.25) is 11.8 Å². The number of aromatic nitrogens is 1. The minimum atomic E-state index is -4.73. The van der Waals surface area contributed by atoms with Crippen LogP contribution in [-0.4, -0.2) is 59.4 Å². The molecule has 0 saturated heterocycles. The lowest BCUT2D eigenvalue weighted by Crippen LogP contribution is -2.50. The van der Waals surface area contributed by atoms with E-state index in [-0.39, 0.29) is 66.0 Å². The van der Waals surface area contributed by atoms with Crippen LogP contribution in [0.4, 0.5) is 8.63 Å². The largest absolute Gasteiger partial charge is 0.737 e. The number of primary amides is 2. The first kappa shape index (κ1) is 30.0. The third-order valence-corrected chi connectivity index (χ3v) is 12.2. The Morgan fingerprint density at radius 2 is 1.38 bits per heavy atom. The summed E-state index contributed by atoms with van der Waals surface area (Å²) in [5.74, 6) is -2.04. The van der Waals surface area contributed by atoms with Crippen molar-refractivity contribution in [2.45, 2.75) is 36.1 Å². The zero-order chi connectivity index (χ0) is 31.4. The maximum atomic E-state index is 16.6. The molecule has 12 nitrogen and oxygen atoms in total. The summed E-state index contributed by atoms with van der Waals surface area (Å²) in [4.78, 5) is 24.3. The number of hydrogen-bond donors (Lipinski definition) is 4. The molecule has 5 heterocycles. The van der Waals surface area contributed by atoms with Gasteiger partial charge in [-0.05, 0) is 44.2 Å². The standard InChI is InChI=1S/C23H21BF2N4O8S4/c1-8-14-7-15-9(2)19(21-13(23(28)32)6-17(40-21)42(36,37)38)11(4)30(15)24(25,26)29(14)10(3)18(8)20-12(22(27)31)5-16(39-20)41(33,34)35/h5-7H,1-4H3,(H2,27,31)(H2,28,32)(H,33,34,35)(H,36,37,38). The summed E-state index contributed by atoms with van der Waals surface area (Å²) in [7, 11) is -9.46. The van der Waals surface area contributed by atoms with E-state index in [1.165, 1.54) is 33.8 Å². The number of rotatable bonds is 6. The van der Waals surface area contributed by atoms with Crippen LogP contribution in [0, 0.1) is 13.8 Å². The highest BCUT2D eigenvalue weighted by atomic mass is 32.3. The van der Waals surface area contributed by atoms with E-state index in [1.54, 1.807) is 0 Å². The molecule has 2 amide bonds. The fourth-order valence-corrected chi connectivity index (χ4v) is 9.54. The summed E-state index contributed by atoms with van der Waals surface area (Å²) in [5.41, 5.74) is 11.3. The van der Waals surface area contributed by atoms with Crippen molar-refractivity contribution in [2.75, 3.05) is 0 Å². The van der Waals surface area contributed by atoms with Gasteiger partial charge in [0, 0.05) is 29.8 Å². The molecule has 0 atom stereocenters. The molecule has 3 aromatic heterocycles. The molecule has 0 radical (unpaired) electrons. The third kappa shape index (κ3) is 4.22. The summed E-state index contributed by atoms with van der Waals surface area (Å²) in [6.07, 6.45) is 1.46. The van der Waals surface area contributed by atoms with Gasteiger partial charge >= 0.3 is 27.2 Å². The van der Waals surface area contributed by atoms with Gasteiger partial charge in [-0.1, -0.05) is 0 Å². The first-order chi connectivity index (χ1) is 19.2. The lowest BCUT2D eigenvalue weighted by molar-refractivity contribution is -0.362. The Hall–Kier alpha value is -3.49. The maximum absolute atomic E-state index is 16.6. The van der Waals surface area contributed by atoms with Crippen LogP contribution in [0.5, 0.6) is 0 Å². The number of carbonyl (C=O) groups excluding carboxylic acids is 2. The molecule has 42 heavy (non-hydrogen) atoms. The van der Waals surface area contributed by atoms with Crippen molar-refractivity contribution in [2.24, 2.45) is 11.5 Å². The van der Waals surface area contributed by atoms with E-state index in [0.717, 1.165) is 21.1 Å². The number of nitrogens with zero attached hydrogens (tertiary/aromatic N) is 2. The highest BCUT2D eigenvalue weighted by Gasteiger charge is 2.55. The second kappa shape index (κ2) is 9.26. The minimum absolute atomic E-state index is 0.00623. The molecular weight excluding hydrogens is 637 g/mol. The molecule has 0 aliphatic carbocycles. The fourth-order valence-electron chi connectivity index (χ4n) is 5.56. The maximum Gasteiger partial charge on any atom is 0.737 e. The lowest BCUT2D eigenvalue weighted by atomic mass is 9.89. The van der Waals surface area contributed by atoms with Crippen LogP contribution in [0.15, 0.2) is 31.8 Å². The van der Waals surface area contributed by atoms with Crippen LogP contribution < -0.4 is 11.5 Å². The molecule has 2 aliphatic heterocycles. The van der Waals surface area contributed by atoms with Gasteiger partial charge in [-0.15, -0.1) is 22.7 Å². The molecule has 3 aromatic rings. The molecule has 2 aliphatic rings. The monoisotopic (exact) mass is 658 g/mol. The summed E-state index contributed by atoms with van der Waals surface area (Å²) in [5, 5.41) is 0. The zero-order valence-electron chi connectivity index (χ0n) is 22.1. The fraction of sp³-hybridized carbons (Fsp3) is 0.174. The van der Waals surface area contributed by atoms with Gasteiger partial charge in [0.1, 0.15) is 14.1 Å². The Labute approximate surface area is 245 Å². The highest BCUT2D eigenvalue weighted by molar-refractivity contribution is 7.88. The van der Waals surface area contributed by atoms with Gasteiger partial charge in [0.15, 0.2) is 5.70 Å². The highest BCUT2D eigenvalue weighted by Crippen LogP contribution is 2.48. The predicted octanol–water partition coefficient (Wildman–Crippen LogP) is 3.12. The molecule has 0 bridgehead atoms.